The molecule has 0 radical (unpaired) electrons. The molecule has 93 heavy (non-hydrogen) atoms. The van der Waals surface area contributed by atoms with Crippen LogP contribution in [0.4, 0.5) is 4.79 Å². The lowest BCUT2D eigenvalue weighted by Gasteiger charge is -2.29. The van der Waals surface area contributed by atoms with E-state index >= 15 is 0 Å². The molecule has 1 aromatic heterocycles. The zero-order valence-corrected chi connectivity index (χ0v) is 53.1. The largest absolute Gasteiger partial charge is 0.508 e. The molecule has 0 aliphatic carbocycles. The maximum Gasteiger partial charge on any atom is 0.315 e. The van der Waals surface area contributed by atoms with Crippen molar-refractivity contribution in [3.05, 3.63) is 54.0 Å². The second-order valence-electron chi connectivity index (χ2n) is 22.7. The molecule has 0 saturated carbocycles. The van der Waals surface area contributed by atoms with Crippen LogP contribution in [0.25, 0.3) is 0 Å². The standard InChI is InChI=1S/C58H93N19O15S/c1-34-41(29-47(60)80)70-54(86)42(27-35-14-16-37(79)17-15-35)71-56(88)44(31-78)72-53(85)40(11-8-19-65-57(62)63)69-55(87)43(28-36-30-77(76-75-36)21-7-5-9-38(51(61)83)68-52(84)39(66-34)10-4-6-18-59)67-49(82)32-92-26-25-91-24-23-90-22-20-64-48(81)13-3-2-12-46-50-45(33-93-46)73-58(89)74-50/h14-17,30,38-46,50,66,78-79H,1-13,18-29,31-33,59H2,(H2,60,80)(H2,61,83)(H,64,81)(H,67,82)(H,68,84)(H,69,87)(H,70,86)(H,71,88)(H,72,85)(H4,62,63,65)(H2,73,74,89)/t38-,39-,40-,41-,42-,43-,44-,45-,46-,50-/m0/s1. The molecular formula is C58H93N19O15S. The summed E-state index contributed by atoms with van der Waals surface area (Å²) in [5.74, 6) is -6.58. The molecule has 3 aliphatic rings. The first-order chi connectivity index (χ1) is 44.6. The van der Waals surface area contributed by atoms with E-state index in [9.17, 15) is 58.2 Å². The van der Waals surface area contributed by atoms with Crippen molar-refractivity contribution < 1.29 is 72.4 Å². The van der Waals surface area contributed by atoms with Crippen LogP contribution in [0.3, 0.4) is 0 Å². The highest BCUT2D eigenvalue weighted by molar-refractivity contribution is 8.00. The Morgan fingerprint density at radius 3 is 2.08 bits per heavy atom. The lowest BCUT2D eigenvalue weighted by Crippen LogP contribution is -2.60. The third-order valence-electron chi connectivity index (χ3n) is 15.2. The number of carbonyl (C=O) groups excluding carboxylic acids is 10. The van der Waals surface area contributed by atoms with Crippen LogP contribution in [-0.4, -0.2) is 222 Å². The molecule has 5 rings (SSSR count). The fourth-order valence-corrected chi connectivity index (χ4v) is 11.8. The van der Waals surface area contributed by atoms with Crippen LogP contribution in [0.15, 0.2) is 47.7 Å². The number of primary amides is 2. The molecule has 2 bridgehead atoms. The number of thioether (sulfide) groups is 1. The summed E-state index contributed by atoms with van der Waals surface area (Å²) in [5.41, 5.74) is 28.9. The first-order valence-corrected chi connectivity index (χ1v) is 32.2. The fourth-order valence-electron chi connectivity index (χ4n) is 10.3. The van der Waals surface area contributed by atoms with Gasteiger partial charge in [0.25, 0.3) is 0 Å². The SMILES string of the molecule is C=C1N[C@@H](CCCCN)C(=O)N[C@H](C(N)=O)CCCCn2cc(nn2)C[C@H](NC(=O)COCCOCCOCCNC(=O)CCCC[C@@H]2SC[C@@H]3NC(=O)N[C@@H]32)C(=O)N[C@@H](CCCN=C(N)N)C(=O)N[C@@H](CO)C(=O)N[C@@H](Cc2ccc(O)cc2)C(=O)N[C@H]1CC(N)=O. The predicted octanol–water partition coefficient (Wildman–Crippen LogP) is -5.24. The Morgan fingerprint density at radius 1 is 0.720 bits per heavy atom. The lowest BCUT2D eigenvalue weighted by molar-refractivity contribution is -0.135. The smallest absolute Gasteiger partial charge is 0.315 e. The Balaban J connectivity index is 1.26. The number of nitrogens with one attached hydrogen (secondary N) is 10. The number of phenols is 1. The number of carbonyl (C=O) groups is 10. The zero-order valence-electron chi connectivity index (χ0n) is 52.2. The van der Waals surface area contributed by atoms with Crippen molar-refractivity contribution in [3.8, 4) is 5.75 Å². The quantitative estimate of drug-likeness (QED) is 0.0145. The number of aromatic hydroxyl groups is 1. The minimum atomic E-state index is -1.78. The van der Waals surface area contributed by atoms with E-state index in [0.717, 1.165) is 25.0 Å². The van der Waals surface area contributed by atoms with E-state index in [1.54, 1.807) is 0 Å². The summed E-state index contributed by atoms with van der Waals surface area (Å²) in [5, 5.41) is 56.7. The number of aromatic nitrogens is 3. The van der Waals surface area contributed by atoms with Crippen LogP contribution in [-0.2, 0) is 76.7 Å². The number of urea groups is 1. The summed E-state index contributed by atoms with van der Waals surface area (Å²) in [6.45, 7) is 3.99. The molecular weight excluding hydrogens is 1230 g/mol. The fraction of sp³-hybridized carbons (Fsp3) is 0.638. The minimum Gasteiger partial charge on any atom is -0.508 e. The number of fused-ring (bicyclic) bond motifs is 3. The molecule has 0 unspecified atom stereocenters. The summed E-state index contributed by atoms with van der Waals surface area (Å²) in [4.78, 5) is 138. The number of amides is 11. The maximum atomic E-state index is 14.4. The summed E-state index contributed by atoms with van der Waals surface area (Å²) in [6.07, 6.45) is 5.17. The molecule has 4 heterocycles. The number of hydrogen-bond acceptors (Lipinski definition) is 21. The van der Waals surface area contributed by atoms with Gasteiger partial charge in [0.05, 0.1) is 69.9 Å². The van der Waals surface area contributed by atoms with Gasteiger partial charge in [-0.15, -0.1) is 5.10 Å². The van der Waals surface area contributed by atoms with Crippen molar-refractivity contribution in [3.63, 3.8) is 0 Å². The van der Waals surface area contributed by atoms with Crippen molar-refractivity contribution in [2.24, 2.45) is 33.7 Å². The van der Waals surface area contributed by atoms with Crippen LogP contribution >= 0.6 is 11.8 Å². The molecule has 3 aliphatic heterocycles. The number of rotatable bonds is 31. The van der Waals surface area contributed by atoms with E-state index < -0.39 is 109 Å². The van der Waals surface area contributed by atoms with Crippen molar-refractivity contribution in [2.45, 2.75) is 162 Å². The Labute approximate surface area is 543 Å². The Hall–Kier alpha value is -8.38. The first kappa shape index (κ1) is 75.3. The van der Waals surface area contributed by atoms with Gasteiger partial charge in [-0.1, -0.05) is 30.3 Å². The van der Waals surface area contributed by atoms with E-state index in [1.807, 2.05) is 11.8 Å². The number of nitrogens with two attached hydrogens (primary N) is 5. The van der Waals surface area contributed by atoms with Crippen LogP contribution in [0.5, 0.6) is 5.75 Å². The predicted molar refractivity (Wildman–Crippen MR) is 339 cm³/mol. The van der Waals surface area contributed by atoms with Gasteiger partial charge in [-0.2, -0.15) is 11.8 Å². The number of hydrogen-bond donors (Lipinski definition) is 17. The second kappa shape index (κ2) is 40.6. The van der Waals surface area contributed by atoms with Gasteiger partial charge in [-0.25, -0.2) is 4.79 Å². The molecule has 11 amide bonds. The molecule has 10 atom stereocenters. The van der Waals surface area contributed by atoms with Gasteiger partial charge in [-0.3, -0.25) is 52.8 Å². The molecule has 35 heteroatoms. The monoisotopic (exact) mass is 1330 g/mol. The van der Waals surface area contributed by atoms with E-state index in [4.69, 9.17) is 42.9 Å². The minimum absolute atomic E-state index is 0.00797. The van der Waals surface area contributed by atoms with E-state index in [-0.39, 0.29) is 132 Å². The number of aryl methyl sites for hydroxylation is 1. The lowest BCUT2D eigenvalue weighted by atomic mass is 10.0. The van der Waals surface area contributed by atoms with Crippen LogP contribution in [0, 0.1) is 0 Å². The third-order valence-corrected chi connectivity index (χ3v) is 16.7. The molecule has 2 aromatic rings. The van der Waals surface area contributed by atoms with Crippen molar-refractivity contribution >= 4 is 76.9 Å². The van der Waals surface area contributed by atoms with Crippen LogP contribution < -0.4 is 81.8 Å². The van der Waals surface area contributed by atoms with Crippen molar-refractivity contribution in [1.29, 1.82) is 0 Å². The number of ether oxygens (including phenoxy) is 3. The van der Waals surface area contributed by atoms with E-state index in [0.29, 0.717) is 56.0 Å². The van der Waals surface area contributed by atoms with Gasteiger partial charge >= 0.3 is 6.03 Å². The number of aliphatic imine (C=N–C) groups is 1. The molecule has 516 valence electrons. The van der Waals surface area contributed by atoms with E-state index in [2.05, 4.69) is 75.1 Å². The van der Waals surface area contributed by atoms with Crippen molar-refractivity contribution in [1.82, 2.24) is 68.2 Å². The number of nitrogens with zero attached hydrogens (tertiary/aromatic N) is 4. The average Bonchev–Trinajstić information content (AvgIpc) is 1.78. The first-order valence-electron chi connectivity index (χ1n) is 31.2. The van der Waals surface area contributed by atoms with Gasteiger partial charge in [0.2, 0.25) is 53.2 Å². The topological polar surface area (TPSA) is 532 Å². The Kier molecular flexibility index (Phi) is 32.9. The van der Waals surface area contributed by atoms with Gasteiger partial charge in [0.1, 0.15) is 48.6 Å². The van der Waals surface area contributed by atoms with Gasteiger partial charge in [-0.05, 0) is 88.4 Å². The number of phenolic OH excluding ortho intramolecular Hbond substituents is 1. The molecule has 34 nitrogen and oxygen atoms in total. The number of aliphatic hydroxyl groups excluding tert-OH is 1. The van der Waals surface area contributed by atoms with Crippen LogP contribution in [0.1, 0.15) is 94.7 Å². The molecule has 22 N–H and O–H groups in total. The summed E-state index contributed by atoms with van der Waals surface area (Å²) in [6, 6.07) is -4.02. The number of benzene rings is 1. The highest BCUT2D eigenvalue weighted by atomic mass is 32.2. The number of aliphatic hydroxyl groups is 1. The highest BCUT2D eigenvalue weighted by Crippen LogP contribution is 2.33. The summed E-state index contributed by atoms with van der Waals surface area (Å²) >= 11 is 1.84. The van der Waals surface area contributed by atoms with Gasteiger partial charge < -0.3 is 106 Å². The van der Waals surface area contributed by atoms with E-state index in [1.165, 1.54) is 35.1 Å². The van der Waals surface area contributed by atoms with Crippen LogP contribution in [0.2, 0.25) is 0 Å². The highest BCUT2D eigenvalue weighted by Gasteiger charge is 2.43. The molecule has 2 saturated heterocycles. The molecule has 2 fully saturated rings. The zero-order chi connectivity index (χ0) is 67.7. The summed E-state index contributed by atoms with van der Waals surface area (Å²) < 4.78 is 18.2. The second-order valence-corrected chi connectivity index (χ2v) is 23.9. The summed E-state index contributed by atoms with van der Waals surface area (Å²) in [7, 11) is 0. The van der Waals surface area contributed by atoms with Gasteiger partial charge in [0, 0.05) is 61.8 Å². The third kappa shape index (κ3) is 27.8. The molecule has 0 spiro atoms. The average molecular weight is 1330 g/mol. The Morgan fingerprint density at radius 2 is 1.37 bits per heavy atom. The molecule has 1 aromatic carbocycles. The number of guanidine groups is 1. The van der Waals surface area contributed by atoms with Crippen molar-refractivity contribution in [2.75, 3.05) is 71.6 Å². The van der Waals surface area contributed by atoms with Gasteiger partial charge in [0.15, 0.2) is 5.96 Å². The normalized spacial score (nSPS) is 23.6. The number of unbranched alkanes of at least 4 members (excludes halogenated alkanes) is 2. The Bertz CT molecular complexity index is 2830. The maximum absolute atomic E-state index is 14.4.